The van der Waals surface area contributed by atoms with Crippen molar-refractivity contribution in [3.05, 3.63) is 101 Å². The van der Waals surface area contributed by atoms with Gasteiger partial charge >= 0.3 is 0 Å². The molecule has 0 saturated carbocycles. The van der Waals surface area contributed by atoms with Crippen molar-refractivity contribution in [2.75, 3.05) is 11.9 Å². The molecule has 3 amide bonds. The SMILES string of the molecule is CC(O)C(NC(=O)c1ccc(C#Cc2ccc(NC(=O)CNCc3ccc(F)cc3)cc2)cc1)C(=O)NO. The minimum atomic E-state index is -1.31. The molecule has 0 aliphatic heterocycles. The number of nitrogens with one attached hydrogen (secondary N) is 4. The molecule has 0 heterocycles. The Bertz CT molecular complexity index is 1310. The number of hydrogen-bond acceptors (Lipinski definition) is 6. The van der Waals surface area contributed by atoms with Crippen LogP contribution in [-0.2, 0) is 16.1 Å². The van der Waals surface area contributed by atoms with Gasteiger partial charge in [-0.2, -0.15) is 0 Å². The van der Waals surface area contributed by atoms with Gasteiger partial charge in [-0.15, -0.1) is 0 Å². The third-order valence-electron chi connectivity index (χ3n) is 5.36. The molecule has 3 aromatic carbocycles. The van der Waals surface area contributed by atoms with E-state index in [2.05, 4.69) is 27.8 Å². The minimum Gasteiger partial charge on any atom is -0.391 e. The van der Waals surface area contributed by atoms with E-state index < -0.39 is 24.0 Å². The van der Waals surface area contributed by atoms with Gasteiger partial charge in [-0.1, -0.05) is 24.0 Å². The second-order valence-electron chi connectivity index (χ2n) is 8.35. The second kappa shape index (κ2) is 13.7. The third kappa shape index (κ3) is 8.53. The molecule has 196 valence electrons. The van der Waals surface area contributed by atoms with Crippen LogP contribution in [0.2, 0.25) is 0 Å². The van der Waals surface area contributed by atoms with E-state index in [9.17, 15) is 23.9 Å². The molecule has 0 bridgehead atoms. The van der Waals surface area contributed by atoms with Crippen LogP contribution >= 0.6 is 0 Å². The average Bonchev–Trinajstić information content (AvgIpc) is 2.92. The first-order valence-corrected chi connectivity index (χ1v) is 11.6. The van der Waals surface area contributed by atoms with Crippen molar-refractivity contribution in [1.29, 1.82) is 0 Å². The summed E-state index contributed by atoms with van der Waals surface area (Å²) in [5, 5.41) is 26.5. The monoisotopic (exact) mass is 518 g/mol. The second-order valence-corrected chi connectivity index (χ2v) is 8.35. The Kier molecular flexibility index (Phi) is 10.1. The van der Waals surface area contributed by atoms with E-state index in [0.717, 1.165) is 5.56 Å². The fourth-order valence-electron chi connectivity index (χ4n) is 3.31. The molecule has 6 N–H and O–H groups in total. The number of amides is 3. The predicted molar refractivity (Wildman–Crippen MR) is 138 cm³/mol. The molecule has 10 heteroatoms. The number of rotatable bonds is 9. The Morgan fingerprint density at radius 3 is 2.03 bits per heavy atom. The van der Waals surface area contributed by atoms with Gasteiger partial charge in [0.2, 0.25) is 5.91 Å². The number of hydroxylamine groups is 1. The fraction of sp³-hybridized carbons (Fsp3) is 0.179. The molecule has 9 nitrogen and oxygen atoms in total. The largest absolute Gasteiger partial charge is 0.391 e. The van der Waals surface area contributed by atoms with E-state index in [-0.39, 0.29) is 23.8 Å². The summed E-state index contributed by atoms with van der Waals surface area (Å²) in [6, 6.07) is 18.1. The molecule has 2 atom stereocenters. The topological polar surface area (TPSA) is 140 Å². The molecule has 2 unspecified atom stereocenters. The number of hydrogen-bond donors (Lipinski definition) is 6. The highest BCUT2D eigenvalue weighted by Crippen LogP contribution is 2.10. The van der Waals surface area contributed by atoms with E-state index in [4.69, 9.17) is 5.21 Å². The van der Waals surface area contributed by atoms with Gasteiger partial charge in [0, 0.05) is 28.9 Å². The molecule has 0 aliphatic rings. The molecule has 3 aromatic rings. The van der Waals surface area contributed by atoms with Crippen LogP contribution in [0.25, 0.3) is 0 Å². The molecular weight excluding hydrogens is 491 g/mol. The van der Waals surface area contributed by atoms with Crippen LogP contribution in [-0.4, -0.2) is 46.7 Å². The maximum absolute atomic E-state index is 12.9. The summed E-state index contributed by atoms with van der Waals surface area (Å²) in [7, 11) is 0. The van der Waals surface area contributed by atoms with Crippen molar-refractivity contribution in [2.24, 2.45) is 0 Å². The Hall–Kier alpha value is -4.56. The van der Waals surface area contributed by atoms with Crippen molar-refractivity contribution in [1.82, 2.24) is 16.1 Å². The molecule has 0 saturated heterocycles. The van der Waals surface area contributed by atoms with Crippen molar-refractivity contribution < 1.29 is 29.1 Å². The molecule has 0 aromatic heterocycles. The summed E-state index contributed by atoms with van der Waals surface area (Å²) >= 11 is 0. The summed E-state index contributed by atoms with van der Waals surface area (Å²) in [4.78, 5) is 36.1. The first-order valence-electron chi connectivity index (χ1n) is 11.6. The zero-order chi connectivity index (χ0) is 27.5. The van der Waals surface area contributed by atoms with Gasteiger partial charge in [0.05, 0.1) is 12.6 Å². The van der Waals surface area contributed by atoms with E-state index in [1.54, 1.807) is 48.5 Å². The maximum Gasteiger partial charge on any atom is 0.268 e. The van der Waals surface area contributed by atoms with Crippen LogP contribution in [0.4, 0.5) is 10.1 Å². The van der Waals surface area contributed by atoms with Crippen molar-refractivity contribution in [3.63, 3.8) is 0 Å². The van der Waals surface area contributed by atoms with Crippen LogP contribution in [0.15, 0.2) is 72.8 Å². The minimum absolute atomic E-state index is 0.0985. The van der Waals surface area contributed by atoms with Gasteiger partial charge in [0.15, 0.2) is 0 Å². The summed E-state index contributed by atoms with van der Waals surface area (Å²) in [5.41, 5.74) is 4.51. The Labute approximate surface area is 219 Å². The number of aliphatic hydroxyl groups is 1. The molecule has 0 radical (unpaired) electrons. The highest BCUT2D eigenvalue weighted by Gasteiger charge is 2.25. The summed E-state index contributed by atoms with van der Waals surface area (Å²) < 4.78 is 12.9. The molecule has 38 heavy (non-hydrogen) atoms. The van der Waals surface area contributed by atoms with E-state index in [0.29, 0.717) is 23.4 Å². The molecule has 0 fully saturated rings. The third-order valence-corrected chi connectivity index (χ3v) is 5.36. The molecule has 0 aliphatic carbocycles. The van der Waals surface area contributed by atoms with E-state index >= 15 is 0 Å². The summed E-state index contributed by atoms with van der Waals surface area (Å²) in [6.45, 7) is 1.85. The number of carbonyl (C=O) groups excluding carboxylic acids is 3. The first-order chi connectivity index (χ1) is 18.2. The Morgan fingerprint density at radius 2 is 1.47 bits per heavy atom. The highest BCUT2D eigenvalue weighted by atomic mass is 19.1. The number of aliphatic hydroxyl groups excluding tert-OH is 1. The maximum atomic E-state index is 12.9. The molecular formula is C28H27FN4O5. The lowest BCUT2D eigenvalue weighted by Crippen LogP contribution is -2.51. The predicted octanol–water partition coefficient (Wildman–Crippen LogP) is 1.94. The summed E-state index contributed by atoms with van der Waals surface area (Å²) in [6.07, 6.45) is -1.21. The van der Waals surface area contributed by atoms with Crippen LogP contribution in [0.3, 0.4) is 0 Å². The van der Waals surface area contributed by atoms with Gasteiger partial charge in [0.1, 0.15) is 11.9 Å². The molecule has 0 spiro atoms. The van der Waals surface area contributed by atoms with Gasteiger partial charge < -0.3 is 21.1 Å². The molecule has 3 rings (SSSR count). The van der Waals surface area contributed by atoms with Crippen molar-refractivity contribution >= 4 is 23.4 Å². The van der Waals surface area contributed by atoms with Crippen molar-refractivity contribution in [2.45, 2.75) is 25.6 Å². The smallest absolute Gasteiger partial charge is 0.268 e. The van der Waals surface area contributed by atoms with Gasteiger partial charge in [0.25, 0.3) is 11.8 Å². The highest BCUT2D eigenvalue weighted by molar-refractivity contribution is 5.97. The Morgan fingerprint density at radius 1 is 0.895 bits per heavy atom. The lowest BCUT2D eigenvalue weighted by molar-refractivity contribution is -0.133. The lowest BCUT2D eigenvalue weighted by atomic mass is 10.1. The fourth-order valence-corrected chi connectivity index (χ4v) is 3.31. The number of halogens is 1. The van der Waals surface area contributed by atoms with Gasteiger partial charge in [-0.25, -0.2) is 9.87 Å². The van der Waals surface area contributed by atoms with E-state index in [1.807, 2.05) is 0 Å². The van der Waals surface area contributed by atoms with Crippen LogP contribution in [0.1, 0.15) is 34.0 Å². The average molecular weight is 519 g/mol. The quantitative estimate of drug-likeness (QED) is 0.145. The van der Waals surface area contributed by atoms with Gasteiger partial charge in [-0.05, 0) is 73.2 Å². The number of carbonyl (C=O) groups is 3. The number of benzene rings is 3. The van der Waals surface area contributed by atoms with Gasteiger partial charge in [-0.3, -0.25) is 19.6 Å². The van der Waals surface area contributed by atoms with E-state index in [1.165, 1.54) is 36.7 Å². The number of anilines is 1. The zero-order valence-electron chi connectivity index (χ0n) is 20.5. The van der Waals surface area contributed by atoms with Crippen LogP contribution in [0, 0.1) is 17.7 Å². The normalized spacial score (nSPS) is 11.9. The standard InChI is InChI=1S/C28H27FN4O5/c1-18(34)26(28(37)33-38)32-27(36)22-10-4-19(5-11-22)2-3-20-8-14-24(15-9-20)31-25(35)17-30-16-21-6-12-23(29)13-7-21/h4-15,18,26,30,34,38H,16-17H2,1H3,(H,31,35)(H,32,36)(H,33,37). The van der Waals surface area contributed by atoms with Crippen molar-refractivity contribution in [3.8, 4) is 11.8 Å². The Balaban J connectivity index is 1.50. The lowest BCUT2D eigenvalue weighted by Gasteiger charge is -2.19. The van der Waals surface area contributed by atoms with Crippen LogP contribution in [0.5, 0.6) is 0 Å². The first kappa shape index (κ1) is 28.0. The zero-order valence-corrected chi connectivity index (χ0v) is 20.5. The van der Waals surface area contributed by atoms with Crippen LogP contribution < -0.4 is 21.4 Å². The summed E-state index contributed by atoms with van der Waals surface area (Å²) in [5.74, 6) is 3.93.